The van der Waals surface area contributed by atoms with Gasteiger partial charge >= 0.3 is 0 Å². The van der Waals surface area contributed by atoms with Crippen LogP contribution in [-0.4, -0.2) is 4.57 Å². The zero-order valence-electron chi connectivity index (χ0n) is 28.5. The van der Waals surface area contributed by atoms with Crippen molar-refractivity contribution >= 4 is 60.4 Å². The fraction of sp³-hybridized carbons (Fsp3) is 0. The lowest BCUT2D eigenvalue weighted by Crippen LogP contribution is -2.11. The molecule has 0 atom stereocenters. The normalized spacial score (nSPS) is 11.5. The van der Waals surface area contributed by atoms with Crippen LogP contribution < -0.4 is 4.90 Å². The van der Waals surface area contributed by atoms with Crippen LogP contribution in [0, 0.1) is 0 Å². The summed E-state index contributed by atoms with van der Waals surface area (Å²) in [6, 6.07) is 74.7. The molecular weight excluding hydrogens is 629 g/mol. The van der Waals surface area contributed by atoms with Crippen LogP contribution in [-0.2, 0) is 0 Å². The van der Waals surface area contributed by atoms with E-state index in [1.165, 1.54) is 65.6 Å². The van der Waals surface area contributed by atoms with Crippen molar-refractivity contribution in [1.82, 2.24) is 4.57 Å². The molecule has 10 aromatic rings. The van der Waals surface area contributed by atoms with E-state index in [0.29, 0.717) is 0 Å². The number of aromatic nitrogens is 1. The predicted octanol–water partition coefficient (Wildman–Crippen LogP) is 13.9. The second-order valence-electron chi connectivity index (χ2n) is 13.4. The Morgan fingerprint density at radius 3 is 1.56 bits per heavy atom. The number of hydrogen-bond acceptors (Lipinski definition) is 1. The van der Waals surface area contributed by atoms with Crippen molar-refractivity contribution in [2.24, 2.45) is 0 Å². The third-order valence-electron chi connectivity index (χ3n) is 10.3. The number of fused-ring (bicyclic) bond motifs is 6. The Kier molecular flexibility index (Phi) is 7.18. The van der Waals surface area contributed by atoms with Gasteiger partial charge in [-0.2, -0.15) is 0 Å². The molecule has 0 saturated heterocycles. The van der Waals surface area contributed by atoms with Crippen molar-refractivity contribution in [2.45, 2.75) is 0 Å². The lowest BCUT2D eigenvalue weighted by Gasteiger charge is -2.27. The highest BCUT2D eigenvalue weighted by molar-refractivity contribution is 6.21. The molecule has 0 unspecified atom stereocenters. The van der Waals surface area contributed by atoms with E-state index < -0.39 is 0 Å². The molecule has 0 bridgehead atoms. The summed E-state index contributed by atoms with van der Waals surface area (Å²) in [6.07, 6.45) is 0. The van der Waals surface area contributed by atoms with Crippen LogP contribution in [0.25, 0.3) is 71.3 Å². The predicted molar refractivity (Wildman–Crippen MR) is 221 cm³/mol. The molecule has 0 N–H and O–H groups in total. The summed E-state index contributed by atoms with van der Waals surface area (Å²) in [5.41, 5.74) is 11.6. The summed E-state index contributed by atoms with van der Waals surface area (Å²) < 4.78 is 2.47. The largest absolute Gasteiger partial charge is 0.308 e. The van der Waals surface area contributed by atoms with Crippen molar-refractivity contribution in [1.29, 1.82) is 0 Å². The molecule has 0 amide bonds. The Morgan fingerprint density at radius 2 is 0.827 bits per heavy atom. The summed E-state index contributed by atoms with van der Waals surface area (Å²) in [6.45, 7) is 0. The zero-order valence-corrected chi connectivity index (χ0v) is 28.5. The van der Waals surface area contributed by atoms with Crippen LogP contribution in [0.1, 0.15) is 0 Å². The van der Waals surface area contributed by atoms with E-state index in [9.17, 15) is 0 Å². The first-order valence-electron chi connectivity index (χ1n) is 17.9. The zero-order chi connectivity index (χ0) is 34.4. The van der Waals surface area contributed by atoms with Crippen molar-refractivity contribution in [3.63, 3.8) is 0 Å². The van der Waals surface area contributed by atoms with E-state index in [-0.39, 0.29) is 0 Å². The van der Waals surface area contributed by atoms with E-state index in [1.54, 1.807) is 0 Å². The number of para-hydroxylation sites is 2. The first kappa shape index (κ1) is 30.0. The van der Waals surface area contributed by atoms with Gasteiger partial charge in [0.05, 0.1) is 16.7 Å². The molecule has 0 aliphatic carbocycles. The minimum absolute atomic E-state index is 1.10. The molecule has 52 heavy (non-hydrogen) atoms. The lowest BCUT2D eigenvalue weighted by molar-refractivity contribution is 1.17. The second kappa shape index (κ2) is 12.5. The maximum Gasteiger partial charge on any atom is 0.0782 e. The van der Waals surface area contributed by atoms with Gasteiger partial charge in [-0.1, -0.05) is 158 Å². The van der Waals surface area contributed by atoms with E-state index >= 15 is 0 Å². The van der Waals surface area contributed by atoms with Gasteiger partial charge in [0.15, 0.2) is 0 Å². The Bertz CT molecular complexity index is 2870. The first-order valence-corrected chi connectivity index (χ1v) is 17.9. The number of benzene rings is 9. The molecule has 2 heteroatoms. The minimum Gasteiger partial charge on any atom is -0.308 e. The van der Waals surface area contributed by atoms with Gasteiger partial charge in [0, 0.05) is 33.2 Å². The SMILES string of the molecule is c1ccc(-c2ccc(N(c3ccc(-c4ccc5ccccc5c4)cc3)c3cccc4c5ccc6ccccc6c5n(-c5ccccc5)c34)cc2)cc1. The average molecular weight is 663 g/mol. The smallest absolute Gasteiger partial charge is 0.0782 e. The molecule has 0 radical (unpaired) electrons. The molecule has 0 aliphatic rings. The topological polar surface area (TPSA) is 8.17 Å². The monoisotopic (exact) mass is 662 g/mol. The number of hydrogen-bond donors (Lipinski definition) is 0. The van der Waals surface area contributed by atoms with Gasteiger partial charge in [-0.15, -0.1) is 0 Å². The third-order valence-corrected chi connectivity index (χ3v) is 10.3. The molecule has 10 rings (SSSR count). The van der Waals surface area contributed by atoms with Crippen LogP contribution in [0.4, 0.5) is 17.1 Å². The Balaban J connectivity index is 1.21. The molecule has 0 saturated carbocycles. The first-order chi connectivity index (χ1) is 25.8. The molecule has 1 aromatic heterocycles. The number of rotatable bonds is 6. The summed E-state index contributed by atoms with van der Waals surface area (Å²) in [5, 5.41) is 7.43. The van der Waals surface area contributed by atoms with E-state index in [2.05, 4.69) is 216 Å². The third kappa shape index (κ3) is 5.04. The van der Waals surface area contributed by atoms with Crippen LogP contribution in [0.5, 0.6) is 0 Å². The van der Waals surface area contributed by atoms with E-state index in [1.807, 2.05) is 0 Å². The summed E-state index contributed by atoms with van der Waals surface area (Å²) in [7, 11) is 0. The molecule has 9 aromatic carbocycles. The van der Waals surface area contributed by atoms with Crippen molar-refractivity contribution in [3.05, 3.63) is 206 Å². The molecule has 1 heterocycles. The van der Waals surface area contributed by atoms with Gasteiger partial charge in [-0.25, -0.2) is 0 Å². The highest BCUT2D eigenvalue weighted by atomic mass is 15.2. The van der Waals surface area contributed by atoms with Crippen LogP contribution >= 0.6 is 0 Å². The van der Waals surface area contributed by atoms with Crippen molar-refractivity contribution in [2.75, 3.05) is 4.90 Å². The van der Waals surface area contributed by atoms with Crippen LogP contribution in [0.15, 0.2) is 206 Å². The fourth-order valence-electron chi connectivity index (χ4n) is 7.86. The maximum atomic E-state index is 2.47. The highest BCUT2D eigenvalue weighted by Gasteiger charge is 2.22. The molecule has 0 spiro atoms. The van der Waals surface area contributed by atoms with Crippen molar-refractivity contribution < 1.29 is 0 Å². The van der Waals surface area contributed by atoms with Gasteiger partial charge in [0.1, 0.15) is 0 Å². The molecular formula is C50H34N2. The lowest BCUT2D eigenvalue weighted by atomic mass is 10.0. The van der Waals surface area contributed by atoms with E-state index in [4.69, 9.17) is 0 Å². The van der Waals surface area contributed by atoms with Crippen LogP contribution in [0.2, 0.25) is 0 Å². The molecule has 0 aliphatic heterocycles. The standard InChI is InChI=1S/C50H34N2/c1-3-12-35(13-4-1)37-24-29-43(30-25-37)51(44-31-26-38(27-32-44)41-23-22-36-14-7-8-16-40(36)34-41)48-21-11-20-46-47-33-28-39-15-9-10-19-45(39)49(47)52(50(46)48)42-17-5-2-6-18-42/h1-34H. The van der Waals surface area contributed by atoms with Gasteiger partial charge in [0.2, 0.25) is 0 Å². The summed E-state index contributed by atoms with van der Waals surface area (Å²) >= 11 is 0. The second-order valence-corrected chi connectivity index (χ2v) is 13.4. The summed E-state index contributed by atoms with van der Waals surface area (Å²) in [4.78, 5) is 2.42. The Hall–Kier alpha value is -6.90. The minimum atomic E-state index is 1.10. The maximum absolute atomic E-state index is 2.47. The fourth-order valence-corrected chi connectivity index (χ4v) is 7.86. The van der Waals surface area contributed by atoms with Gasteiger partial charge in [-0.3, -0.25) is 0 Å². The quantitative estimate of drug-likeness (QED) is 0.172. The van der Waals surface area contributed by atoms with Crippen LogP contribution in [0.3, 0.4) is 0 Å². The van der Waals surface area contributed by atoms with E-state index in [0.717, 1.165) is 22.7 Å². The van der Waals surface area contributed by atoms with Crippen molar-refractivity contribution in [3.8, 4) is 27.9 Å². The molecule has 244 valence electrons. The van der Waals surface area contributed by atoms with Gasteiger partial charge in [0.25, 0.3) is 0 Å². The number of anilines is 3. The molecule has 0 fully saturated rings. The average Bonchev–Trinajstić information content (AvgIpc) is 3.58. The Morgan fingerprint density at radius 1 is 0.308 bits per heavy atom. The number of nitrogens with zero attached hydrogens (tertiary/aromatic N) is 2. The highest BCUT2D eigenvalue weighted by Crippen LogP contribution is 2.45. The summed E-state index contributed by atoms with van der Waals surface area (Å²) in [5.74, 6) is 0. The van der Waals surface area contributed by atoms with Gasteiger partial charge < -0.3 is 9.47 Å². The Labute approximate surface area is 303 Å². The van der Waals surface area contributed by atoms with Gasteiger partial charge in [-0.05, 0) is 86.9 Å². The molecule has 2 nitrogen and oxygen atoms in total.